The molecule has 0 aromatic carbocycles. The maximum absolute atomic E-state index is 8.32. The number of nitrogens with zero attached hydrogens (tertiary/aromatic N) is 1. The first-order chi connectivity index (χ1) is 5.59. The van der Waals surface area contributed by atoms with Gasteiger partial charge in [-0.05, 0) is 31.1 Å². The van der Waals surface area contributed by atoms with Crippen molar-refractivity contribution < 1.29 is 5.21 Å². The molecular weight excluding hydrogens is 150 g/mol. The van der Waals surface area contributed by atoms with E-state index in [4.69, 9.17) is 5.21 Å². The fraction of sp³-hybridized carbons (Fsp3) is 0.700. The van der Waals surface area contributed by atoms with Crippen LogP contribution in [0.5, 0.6) is 0 Å². The van der Waals surface area contributed by atoms with E-state index in [0.717, 1.165) is 12.8 Å². The van der Waals surface area contributed by atoms with Crippen LogP contribution in [0.1, 0.15) is 33.6 Å². The van der Waals surface area contributed by atoms with E-state index in [1.165, 1.54) is 5.57 Å². The number of oxime groups is 1. The summed E-state index contributed by atoms with van der Waals surface area (Å²) in [6, 6.07) is 0. The molecule has 2 nitrogen and oxygen atoms in total. The molecule has 1 aliphatic rings. The lowest BCUT2D eigenvalue weighted by atomic mass is 9.76. The van der Waals surface area contributed by atoms with Crippen molar-refractivity contribution in [3.63, 3.8) is 0 Å². The molecule has 68 valence electrons. The Kier molecular flexibility index (Phi) is 2.55. The van der Waals surface area contributed by atoms with Crippen molar-refractivity contribution in [2.24, 2.45) is 16.5 Å². The van der Waals surface area contributed by atoms with E-state index in [9.17, 15) is 0 Å². The summed E-state index contributed by atoms with van der Waals surface area (Å²) in [5, 5.41) is 11.4. The van der Waals surface area contributed by atoms with Gasteiger partial charge in [-0.1, -0.05) is 25.5 Å². The molecule has 0 amide bonds. The van der Waals surface area contributed by atoms with E-state index in [0.29, 0.717) is 5.92 Å². The molecule has 0 fully saturated rings. The van der Waals surface area contributed by atoms with Gasteiger partial charge >= 0.3 is 0 Å². The van der Waals surface area contributed by atoms with Gasteiger partial charge in [-0.2, -0.15) is 0 Å². The van der Waals surface area contributed by atoms with E-state index in [-0.39, 0.29) is 5.41 Å². The maximum Gasteiger partial charge on any atom is 0.0439 e. The Morgan fingerprint density at radius 3 is 2.83 bits per heavy atom. The number of rotatable bonds is 2. The number of allylic oxidation sites excluding steroid dienone is 2. The third-order valence-corrected chi connectivity index (χ3v) is 3.22. The smallest absolute Gasteiger partial charge is 0.0439 e. The predicted molar refractivity (Wildman–Crippen MR) is 50.5 cm³/mol. The molecule has 0 saturated carbocycles. The van der Waals surface area contributed by atoms with Crippen molar-refractivity contribution in [3.05, 3.63) is 11.6 Å². The number of hydrogen-bond donors (Lipinski definition) is 1. The summed E-state index contributed by atoms with van der Waals surface area (Å²) >= 11 is 0. The molecule has 0 aliphatic heterocycles. The molecule has 12 heavy (non-hydrogen) atoms. The summed E-state index contributed by atoms with van der Waals surface area (Å²) in [4.78, 5) is 0. The highest BCUT2D eigenvalue weighted by Crippen LogP contribution is 2.44. The van der Waals surface area contributed by atoms with Gasteiger partial charge in [-0.15, -0.1) is 5.16 Å². The van der Waals surface area contributed by atoms with Gasteiger partial charge in [0.05, 0.1) is 0 Å². The minimum atomic E-state index is 0.279. The molecule has 2 heteroatoms. The maximum atomic E-state index is 8.32. The Balaban J connectivity index is 2.61. The first-order valence-electron chi connectivity index (χ1n) is 4.42. The standard InChI is InChI=1S/C10H17NO/c1-8-4-5-9(6-7-11-12)10(8,2)3/h4,7,9,12H,5-6H2,1-3H3/t9-/m1/s1. The Morgan fingerprint density at radius 2 is 2.42 bits per heavy atom. The van der Waals surface area contributed by atoms with Crippen LogP contribution in [0.2, 0.25) is 0 Å². The van der Waals surface area contributed by atoms with Crippen LogP contribution in [0.15, 0.2) is 16.8 Å². The van der Waals surface area contributed by atoms with Crippen LogP contribution in [-0.4, -0.2) is 11.4 Å². The molecule has 0 saturated heterocycles. The topological polar surface area (TPSA) is 32.6 Å². The molecule has 0 aromatic heterocycles. The Morgan fingerprint density at radius 1 is 1.75 bits per heavy atom. The summed E-state index contributed by atoms with van der Waals surface area (Å²) in [7, 11) is 0. The highest BCUT2D eigenvalue weighted by Gasteiger charge is 2.33. The van der Waals surface area contributed by atoms with Gasteiger partial charge in [0.2, 0.25) is 0 Å². The summed E-state index contributed by atoms with van der Waals surface area (Å²) in [5.74, 6) is 0.605. The van der Waals surface area contributed by atoms with Gasteiger partial charge in [0, 0.05) is 6.21 Å². The largest absolute Gasteiger partial charge is 0.411 e. The predicted octanol–water partition coefficient (Wildman–Crippen LogP) is 2.83. The quantitative estimate of drug-likeness (QED) is 0.292. The van der Waals surface area contributed by atoms with Gasteiger partial charge < -0.3 is 5.21 Å². The van der Waals surface area contributed by atoms with E-state index >= 15 is 0 Å². The van der Waals surface area contributed by atoms with Crippen LogP contribution in [0, 0.1) is 11.3 Å². The van der Waals surface area contributed by atoms with Crippen LogP contribution in [0.3, 0.4) is 0 Å². The lowest BCUT2D eigenvalue weighted by Crippen LogP contribution is -2.20. The lowest BCUT2D eigenvalue weighted by Gasteiger charge is -2.28. The third kappa shape index (κ3) is 1.52. The van der Waals surface area contributed by atoms with E-state index in [1.54, 1.807) is 6.21 Å². The summed E-state index contributed by atoms with van der Waals surface area (Å²) in [5.41, 5.74) is 1.74. The first-order valence-corrected chi connectivity index (χ1v) is 4.42. The van der Waals surface area contributed by atoms with Gasteiger partial charge in [-0.3, -0.25) is 0 Å². The SMILES string of the molecule is CC1=CC[C@H](CC=NO)C1(C)C. The second kappa shape index (κ2) is 3.30. The zero-order valence-electron chi connectivity index (χ0n) is 8.04. The highest BCUT2D eigenvalue weighted by atomic mass is 16.4. The average Bonchev–Trinajstić information content (AvgIpc) is 2.25. The van der Waals surface area contributed by atoms with Gasteiger partial charge in [-0.25, -0.2) is 0 Å². The second-order valence-corrected chi connectivity index (χ2v) is 4.08. The van der Waals surface area contributed by atoms with Crippen molar-refractivity contribution in [2.75, 3.05) is 0 Å². The average molecular weight is 167 g/mol. The number of hydrogen-bond acceptors (Lipinski definition) is 2. The summed E-state index contributed by atoms with van der Waals surface area (Å²) < 4.78 is 0. The van der Waals surface area contributed by atoms with Gasteiger partial charge in [0.25, 0.3) is 0 Å². The molecule has 0 radical (unpaired) electrons. The van der Waals surface area contributed by atoms with E-state index in [1.807, 2.05) is 0 Å². The molecule has 1 rings (SSSR count). The fourth-order valence-electron chi connectivity index (χ4n) is 1.76. The minimum Gasteiger partial charge on any atom is -0.411 e. The van der Waals surface area contributed by atoms with Crippen LogP contribution in [0.25, 0.3) is 0 Å². The van der Waals surface area contributed by atoms with E-state index < -0.39 is 0 Å². The third-order valence-electron chi connectivity index (χ3n) is 3.22. The normalized spacial score (nSPS) is 27.9. The van der Waals surface area contributed by atoms with Crippen molar-refractivity contribution in [1.82, 2.24) is 0 Å². The first kappa shape index (κ1) is 9.30. The highest BCUT2D eigenvalue weighted by molar-refractivity contribution is 5.57. The molecule has 0 spiro atoms. The van der Waals surface area contributed by atoms with Gasteiger partial charge in [0.15, 0.2) is 0 Å². The zero-order valence-corrected chi connectivity index (χ0v) is 8.04. The second-order valence-electron chi connectivity index (χ2n) is 4.08. The van der Waals surface area contributed by atoms with Crippen LogP contribution < -0.4 is 0 Å². The van der Waals surface area contributed by atoms with Crippen LogP contribution in [-0.2, 0) is 0 Å². The zero-order chi connectivity index (χ0) is 9.19. The van der Waals surface area contributed by atoms with Crippen molar-refractivity contribution >= 4 is 6.21 Å². The molecule has 0 bridgehead atoms. The Bertz CT molecular complexity index is 216. The summed E-state index contributed by atoms with van der Waals surface area (Å²) in [6.45, 7) is 6.68. The van der Waals surface area contributed by atoms with Crippen LogP contribution >= 0.6 is 0 Å². The van der Waals surface area contributed by atoms with Crippen molar-refractivity contribution in [1.29, 1.82) is 0 Å². The Labute approximate surface area is 74.0 Å². The van der Waals surface area contributed by atoms with Crippen LogP contribution in [0.4, 0.5) is 0 Å². The van der Waals surface area contributed by atoms with Crippen molar-refractivity contribution in [2.45, 2.75) is 33.6 Å². The van der Waals surface area contributed by atoms with Gasteiger partial charge in [0.1, 0.15) is 0 Å². The molecule has 1 N–H and O–H groups in total. The molecule has 1 atom stereocenters. The fourth-order valence-corrected chi connectivity index (χ4v) is 1.76. The lowest BCUT2D eigenvalue weighted by molar-refractivity contribution is 0.292. The Hall–Kier alpha value is -0.790. The minimum absolute atomic E-state index is 0.279. The van der Waals surface area contributed by atoms with Crippen molar-refractivity contribution in [3.8, 4) is 0 Å². The molecule has 0 aromatic rings. The molecular formula is C10H17NO. The monoisotopic (exact) mass is 167 g/mol. The molecule has 0 unspecified atom stereocenters. The molecule has 0 heterocycles. The summed E-state index contributed by atoms with van der Waals surface area (Å²) in [6.07, 6.45) is 5.87. The van der Waals surface area contributed by atoms with E-state index in [2.05, 4.69) is 32.0 Å². The molecule has 1 aliphatic carbocycles.